The number of carbonyl (C=O) groups excluding carboxylic acids is 2. The lowest BCUT2D eigenvalue weighted by Gasteiger charge is -2.39. The Labute approximate surface area is 121 Å². The van der Waals surface area contributed by atoms with Gasteiger partial charge in [-0.05, 0) is 31.4 Å². The molecule has 1 spiro atoms. The van der Waals surface area contributed by atoms with E-state index in [1.54, 1.807) is 0 Å². The smallest absolute Gasteiger partial charge is 0.253 e. The average molecular weight is 294 g/mol. The van der Waals surface area contributed by atoms with Crippen LogP contribution in [-0.4, -0.2) is 23.9 Å². The number of amides is 2. The summed E-state index contributed by atoms with van der Waals surface area (Å²) in [6.45, 7) is 1.17. The summed E-state index contributed by atoms with van der Waals surface area (Å²) in [5.41, 5.74) is -0.937. The first kappa shape index (κ1) is 14.0. The first-order valence-electron chi connectivity index (χ1n) is 7.02. The fourth-order valence-electron chi connectivity index (χ4n) is 3.19. The summed E-state index contributed by atoms with van der Waals surface area (Å²) in [5, 5.41) is 2.74. The molecule has 1 aliphatic carbocycles. The topological polar surface area (TPSA) is 49.4 Å². The molecule has 21 heavy (non-hydrogen) atoms. The van der Waals surface area contributed by atoms with E-state index in [1.165, 1.54) is 6.92 Å². The quantitative estimate of drug-likeness (QED) is 0.862. The van der Waals surface area contributed by atoms with Gasteiger partial charge in [0.2, 0.25) is 5.91 Å². The summed E-state index contributed by atoms with van der Waals surface area (Å²) in [6.07, 6.45) is 2.77. The summed E-state index contributed by atoms with van der Waals surface area (Å²) < 4.78 is 27.8. The number of aryl methyl sites for hydroxylation is 1. The molecule has 2 amide bonds. The van der Waals surface area contributed by atoms with E-state index in [1.807, 2.05) is 0 Å². The maximum Gasteiger partial charge on any atom is 0.253 e. The van der Waals surface area contributed by atoms with Crippen molar-refractivity contribution in [2.24, 2.45) is 0 Å². The fraction of sp³-hybridized carbons (Fsp3) is 0.467. The predicted molar refractivity (Wildman–Crippen MR) is 72.8 cm³/mol. The van der Waals surface area contributed by atoms with E-state index in [4.69, 9.17) is 0 Å². The molecule has 0 atom stereocenters. The Morgan fingerprint density at radius 2 is 1.81 bits per heavy atom. The zero-order chi connectivity index (χ0) is 15.2. The highest BCUT2D eigenvalue weighted by Gasteiger charge is 2.49. The molecule has 1 aliphatic heterocycles. The normalized spacial score (nSPS) is 21.0. The molecule has 0 aromatic heterocycles. The third-order valence-electron chi connectivity index (χ3n) is 4.31. The van der Waals surface area contributed by atoms with Crippen molar-refractivity contribution < 1.29 is 18.4 Å². The molecule has 2 fully saturated rings. The van der Waals surface area contributed by atoms with Crippen LogP contribution in [0.15, 0.2) is 12.1 Å². The number of nitrogens with one attached hydrogen (secondary N) is 1. The Kier molecular flexibility index (Phi) is 3.19. The minimum absolute atomic E-state index is 0.163. The highest BCUT2D eigenvalue weighted by atomic mass is 19.1. The van der Waals surface area contributed by atoms with Gasteiger partial charge in [0, 0.05) is 6.07 Å². The van der Waals surface area contributed by atoms with Crippen molar-refractivity contribution in [2.45, 2.75) is 38.1 Å². The van der Waals surface area contributed by atoms with Crippen molar-refractivity contribution >= 4 is 17.5 Å². The molecule has 0 bridgehead atoms. The van der Waals surface area contributed by atoms with Crippen molar-refractivity contribution in [1.29, 1.82) is 0 Å². The number of carbonyl (C=O) groups is 2. The minimum Gasteiger partial charge on any atom is -0.340 e. The maximum atomic E-state index is 14.1. The van der Waals surface area contributed by atoms with E-state index >= 15 is 0 Å². The lowest BCUT2D eigenvalue weighted by Crippen LogP contribution is -2.65. The third kappa shape index (κ3) is 2.18. The lowest BCUT2D eigenvalue weighted by atomic mass is 9.92. The van der Waals surface area contributed by atoms with Gasteiger partial charge in [0.25, 0.3) is 5.91 Å². The van der Waals surface area contributed by atoms with Crippen LogP contribution in [0.3, 0.4) is 0 Å². The van der Waals surface area contributed by atoms with Gasteiger partial charge >= 0.3 is 0 Å². The van der Waals surface area contributed by atoms with E-state index < -0.39 is 17.2 Å². The van der Waals surface area contributed by atoms with Crippen LogP contribution >= 0.6 is 0 Å². The van der Waals surface area contributed by atoms with Crippen molar-refractivity contribution in [1.82, 2.24) is 5.32 Å². The number of rotatable bonds is 1. The minimum atomic E-state index is -0.941. The SMILES string of the molecule is Cc1cc(F)c(N2CC(=O)NC3(CCCC3)C2=O)cc1F. The zero-order valence-corrected chi connectivity index (χ0v) is 11.7. The molecule has 1 heterocycles. The number of halogens is 2. The summed E-state index contributed by atoms with van der Waals surface area (Å²) in [7, 11) is 0. The van der Waals surface area contributed by atoms with Crippen molar-refractivity contribution in [3.05, 3.63) is 29.3 Å². The van der Waals surface area contributed by atoms with Crippen LogP contribution < -0.4 is 10.2 Å². The molecule has 4 nitrogen and oxygen atoms in total. The van der Waals surface area contributed by atoms with Gasteiger partial charge in [-0.2, -0.15) is 0 Å². The molecule has 3 rings (SSSR count). The molecule has 1 aromatic rings. The van der Waals surface area contributed by atoms with Gasteiger partial charge in [0.1, 0.15) is 23.7 Å². The first-order chi connectivity index (χ1) is 9.93. The Bertz CT molecular complexity index is 624. The Morgan fingerprint density at radius 1 is 1.14 bits per heavy atom. The average Bonchev–Trinajstić information content (AvgIpc) is 2.88. The Hall–Kier alpha value is -1.98. The van der Waals surface area contributed by atoms with Gasteiger partial charge in [0.05, 0.1) is 5.69 Å². The summed E-state index contributed by atoms with van der Waals surface area (Å²) in [6, 6.07) is 2.04. The van der Waals surface area contributed by atoms with Crippen LogP contribution in [0.2, 0.25) is 0 Å². The van der Waals surface area contributed by atoms with Crippen molar-refractivity contribution in [3.8, 4) is 0 Å². The third-order valence-corrected chi connectivity index (χ3v) is 4.31. The van der Waals surface area contributed by atoms with Crippen LogP contribution in [0.1, 0.15) is 31.2 Å². The summed E-state index contributed by atoms with van der Waals surface area (Å²) in [5.74, 6) is -1.96. The van der Waals surface area contributed by atoms with Crippen LogP contribution in [0.25, 0.3) is 0 Å². The monoisotopic (exact) mass is 294 g/mol. The first-order valence-corrected chi connectivity index (χ1v) is 7.02. The van der Waals surface area contributed by atoms with E-state index in [0.717, 1.165) is 29.9 Å². The molecular formula is C15H16F2N2O2. The number of hydrogen-bond acceptors (Lipinski definition) is 2. The second-order valence-electron chi connectivity index (χ2n) is 5.78. The standard InChI is InChI=1S/C15H16F2N2O2/c1-9-6-11(17)12(7-10(9)16)19-8-13(20)18-15(14(19)21)4-2-3-5-15/h6-7H,2-5,8H2,1H3,(H,18,20). The van der Waals surface area contributed by atoms with Gasteiger partial charge in [0.15, 0.2) is 0 Å². The summed E-state index contributed by atoms with van der Waals surface area (Å²) >= 11 is 0. The highest BCUT2D eigenvalue weighted by Crippen LogP contribution is 2.36. The highest BCUT2D eigenvalue weighted by molar-refractivity contribution is 6.09. The molecule has 112 valence electrons. The second-order valence-corrected chi connectivity index (χ2v) is 5.78. The van der Waals surface area contributed by atoms with Crippen LogP contribution in [0, 0.1) is 18.6 Å². The van der Waals surface area contributed by atoms with Gasteiger partial charge in [-0.25, -0.2) is 8.78 Å². The molecule has 2 aliphatic rings. The second kappa shape index (κ2) is 4.79. The number of hydrogen-bond donors (Lipinski definition) is 1. The molecule has 6 heteroatoms. The van der Waals surface area contributed by atoms with Crippen LogP contribution in [0.4, 0.5) is 14.5 Å². The van der Waals surface area contributed by atoms with Gasteiger partial charge in [-0.15, -0.1) is 0 Å². The summed E-state index contributed by atoms with van der Waals surface area (Å²) in [4.78, 5) is 25.6. The van der Waals surface area contributed by atoms with E-state index in [-0.39, 0.29) is 29.6 Å². The van der Waals surface area contributed by atoms with Crippen LogP contribution in [-0.2, 0) is 9.59 Å². The molecule has 1 saturated heterocycles. The van der Waals surface area contributed by atoms with Gasteiger partial charge in [-0.3, -0.25) is 14.5 Å². The number of benzene rings is 1. The molecule has 1 saturated carbocycles. The predicted octanol–water partition coefficient (Wildman–Crippen LogP) is 2.05. The van der Waals surface area contributed by atoms with E-state index in [9.17, 15) is 18.4 Å². The van der Waals surface area contributed by atoms with Gasteiger partial charge in [-0.1, -0.05) is 12.8 Å². The van der Waals surface area contributed by atoms with E-state index in [0.29, 0.717) is 12.8 Å². The molecule has 1 N–H and O–H groups in total. The molecule has 1 aromatic carbocycles. The Morgan fingerprint density at radius 3 is 2.48 bits per heavy atom. The fourth-order valence-corrected chi connectivity index (χ4v) is 3.19. The zero-order valence-electron chi connectivity index (χ0n) is 11.7. The largest absolute Gasteiger partial charge is 0.340 e. The van der Waals surface area contributed by atoms with Crippen molar-refractivity contribution in [3.63, 3.8) is 0 Å². The number of nitrogens with zero attached hydrogens (tertiary/aromatic N) is 1. The molecular weight excluding hydrogens is 278 g/mol. The molecule has 0 radical (unpaired) electrons. The van der Waals surface area contributed by atoms with Crippen LogP contribution in [0.5, 0.6) is 0 Å². The van der Waals surface area contributed by atoms with Crippen molar-refractivity contribution in [2.75, 3.05) is 11.4 Å². The maximum absolute atomic E-state index is 14.1. The molecule has 0 unspecified atom stereocenters. The number of piperazine rings is 1. The number of anilines is 1. The van der Waals surface area contributed by atoms with Gasteiger partial charge < -0.3 is 5.32 Å². The Balaban J connectivity index is 2.03. The van der Waals surface area contributed by atoms with E-state index in [2.05, 4.69) is 5.32 Å². The lowest BCUT2D eigenvalue weighted by molar-refractivity contribution is -0.135.